The van der Waals surface area contributed by atoms with Crippen LogP contribution in [0.25, 0.3) is 0 Å². The monoisotopic (exact) mass is 258 g/mol. The van der Waals surface area contributed by atoms with Crippen LogP contribution in [0.4, 0.5) is 0 Å². The van der Waals surface area contributed by atoms with Gasteiger partial charge in [-0.2, -0.15) is 0 Å². The van der Waals surface area contributed by atoms with E-state index in [1.165, 1.54) is 23.1 Å². The Morgan fingerprint density at radius 1 is 1.19 bits per heavy atom. The molecule has 0 N–H and O–H groups in total. The van der Waals surface area contributed by atoms with E-state index in [2.05, 4.69) is 6.92 Å². The van der Waals surface area contributed by atoms with Crippen LogP contribution in [0.1, 0.15) is 35.1 Å². The minimum atomic E-state index is -3.45. The molecule has 1 aliphatic rings. The van der Waals surface area contributed by atoms with Crippen LogP contribution in [0.2, 0.25) is 0 Å². The van der Waals surface area contributed by atoms with Crippen LogP contribution in [0.15, 0.2) is 12.1 Å². The minimum Gasteiger partial charge on any atom is -0.212 e. The molecule has 16 heavy (non-hydrogen) atoms. The van der Waals surface area contributed by atoms with Gasteiger partial charge >= 0.3 is 0 Å². The smallest absolute Gasteiger partial charge is 0.212 e. The third-order valence-electron chi connectivity index (χ3n) is 3.19. The number of rotatable bonds is 2. The van der Waals surface area contributed by atoms with E-state index in [9.17, 15) is 8.42 Å². The van der Waals surface area contributed by atoms with Crippen LogP contribution in [0.5, 0.6) is 0 Å². The van der Waals surface area contributed by atoms with Crippen LogP contribution in [0.3, 0.4) is 0 Å². The second-order valence-corrected chi connectivity index (χ2v) is 7.17. The summed E-state index contributed by atoms with van der Waals surface area (Å²) >= 11 is 0. The van der Waals surface area contributed by atoms with Crippen molar-refractivity contribution in [2.75, 3.05) is 0 Å². The lowest BCUT2D eigenvalue weighted by atomic mass is 9.86. The van der Waals surface area contributed by atoms with E-state index in [1.54, 1.807) is 0 Å². The Kier molecular flexibility index (Phi) is 3.27. The summed E-state index contributed by atoms with van der Waals surface area (Å²) in [5.41, 5.74) is 4.71. The Hall–Kier alpha value is -0.540. The average Bonchev–Trinajstić information content (AvgIpc) is 2.21. The van der Waals surface area contributed by atoms with Crippen molar-refractivity contribution in [3.8, 4) is 0 Å². The van der Waals surface area contributed by atoms with Crippen molar-refractivity contribution >= 4 is 19.7 Å². The molecule has 0 spiro atoms. The predicted octanol–water partition coefficient (Wildman–Crippen LogP) is 2.94. The van der Waals surface area contributed by atoms with E-state index in [1.807, 2.05) is 12.1 Å². The molecule has 0 atom stereocenters. The van der Waals surface area contributed by atoms with Gasteiger partial charge in [0, 0.05) is 10.7 Å². The lowest BCUT2D eigenvalue weighted by molar-refractivity contribution is 0.608. The summed E-state index contributed by atoms with van der Waals surface area (Å²) < 4.78 is 22.3. The molecule has 0 saturated heterocycles. The van der Waals surface area contributed by atoms with Crippen molar-refractivity contribution < 1.29 is 8.42 Å². The number of hydrogen-bond donors (Lipinski definition) is 0. The molecule has 0 heterocycles. The maximum absolute atomic E-state index is 11.1. The number of benzene rings is 1. The van der Waals surface area contributed by atoms with Crippen molar-refractivity contribution in [3.63, 3.8) is 0 Å². The van der Waals surface area contributed by atoms with Gasteiger partial charge in [0.1, 0.15) is 0 Å². The first-order valence-corrected chi connectivity index (χ1v) is 7.98. The maximum Gasteiger partial charge on any atom is 0.236 e. The molecule has 1 aromatic carbocycles. The number of aryl methyl sites for hydroxylation is 1. The Labute approximate surface area is 101 Å². The second kappa shape index (κ2) is 4.38. The highest BCUT2D eigenvalue weighted by Gasteiger charge is 2.18. The normalized spacial score (nSPS) is 15.9. The summed E-state index contributed by atoms with van der Waals surface area (Å²) in [6, 6.07) is 3.90. The van der Waals surface area contributed by atoms with Crippen molar-refractivity contribution in [2.45, 2.75) is 38.4 Å². The fourth-order valence-corrected chi connectivity index (χ4v) is 3.44. The van der Waals surface area contributed by atoms with Crippen LogP contribution in [-0.2, 0) is 27.6 Å². The van der Waals surface area contributed by atoms with Gasteiger partial charge in [0.2, 0.25) is 9.05 Å². The van der Waals surface area contributed by atoms with E-state index in [4.69, 9.17) is 10.7 Å². The molecular formula is C12H15ClO2S. The van der Waals surface area contributed by atoms with Gasteiger partial charge in [0.05, 0.1) is 5.75 Å². The van der Waals surface area contributed by atoms with Gasteiger partial charge in [0.15, 0.2) is 0 Å². The third kappa shape index (κ3) is 2.58. The highest BCUT2D eigenvalue weighted by atomic mass is 35.7. The number of halogens is 1. The SMILES string of the molecule is Cc1ccc(CS(=O)(=O)Cl)c2c1CCCC2. The summed E-state index contributed by atoms with van der Waals surface area (Å²) in [7, 11) is 1.87. The van der Waals surface area contributed by atoms with E-state index >= 15 is 0 Å². The highest BCUT2D eigenvalue weighted by molar-refractivity contribution is 8.13. The molecule has 0 unspecified atom stereocenters. The fraction of sp³-hybridized carbons (Fsp3) is 0.500. The van der Waals surface area contributed by atoms with Crippen molar-refractivity contribution in [3.05, 3.63) is 34.4 Å². The molecule has 4 heteroatoms. The molecule has 2 rings (SSSR count). The summed E-state index contributed by atoms with van der Waals surface area (Å²) in [4.78, 5) is 0. The van der Waals surface area contributed by atoms with Gasteiger partial charge in [0.25, 0.3) is 0 Å². The number of fused-ring (bicyclic) bond motifs is 1. The van der Waals surface area contributed by atoms with E-state index < -0.39 is 9.05 Å². The molecule has 0 saturated carbocycles. The van der Waals surface area contributed by atoms with Crippen molar-refractivity contribution in [2.24, 2.45) is 0 Å². The lowest BCUT2D eigenvalue weighted by Crippen LogP contribution is -2.10. The van der Waals surface area contributed by atoms with Gasteiger partial charge < -0.3 is 0 Å². The van der Waals surface area contributed by atoms with E-state index in [0.717, 1.165) is 24.8 Å². The van der Waals surface area contributed by atoms with Gasteiger partial charge in [-0.05, 0) is 54.9 Å². The summed E-state index contributed by atoms with van der Waals surface area (Å²) in [6.45, 7) is 2.09. The first-order chi connectivity index (χ1) is 7.47. The zero-order chi connectivity index (χ0) is 11.8. The standard InChI is InChI=1S/C12H15ClO2S/c1-9-6-7-10(8-16(13,14)15)12-5-3-2-4-11(9)12/h6-7H,2-5,8H2,1H3. The Balaban J connectivity index is 2.47. The molecule has 0 aliphatic heterocycles. The van der Waals surface area contributed by atoms with E-state index in [-0.39, 0.29) is 5.75 Å². The highest BCUT2D eigenvalue weighted by Crippen LogP contribution is 2.28. The van der Waals surface area contributed by atoms with E-state index in [0.29, 0.717) is 0 Å². The predicted molar refractivity (Wildman–Crippen MR) is 66.3 cm³/mol. The molecular weight excluding hydrogens is 244 g/mol. The molecule has 0 radical (unpaired) electrons. The van der Waals surface area contributed by atoms with Gasteiger partial charge in [-0.3, -0.25) is 0 Å². The third-order valence-corrected chi connectivity index (χ3v) is 4.18. The minimum absolute atomic E-state index is 0.0445. The molecule has 0 amide bonds. The van der Waals surface area contributed by atoms with Crippen molar-refractivity contribution in [1.29, 1.82) is 0 Å². The zero-order valence-electron chi connectivity index (χ0n) is 9.29. The van der Waals surface area contributed by atoms with Gasteiger partial charge in [-0.1, -0.05) is 12.1 Å². The second-order valence-electron chi connectivity index (χ2n) is 4.39. The topological polar surface area (TPSA) is 34.1 Å². The number of hydrogen-bond acceptors (Lipinski definition) is 2. The zero-order valence-corrected chi connectivity index (χ0v) is 10.9. The van der Waals surface area contributed by atoms with Crippen LogP contribution in [0, 0.1) is 6.92 Å². The first-order valence-electron chi connectivity index (χ1n) is 5.50. The molecule has 0 fully saturated rings. The Morgan fingerprint density at radius 2 is 1.81 bits per heavy atom. The van der Waals surface area contributed by atoms with Gasteiger partial charge in [-0.25, -0.2) is 8.42 Å². The summed E-state index contributed by atoms with van der Waals surface area (Å²) in [5.74, 6) is -0.0445. The summed E-state index contributed by atoms with van der Waals surface area (Å²) in [5, 5.41) is 0. The largest absolute Gasteiger partial charge is 0.236 e. The molecule has 0 bridgehead atoms. The Bertz CT molecular complexity index is 506. The fourth-order valence-electron chi connectivity index (χ4n) is 2.44. The summed E-state index contributed by atoms with van der Waals surface area (Å²) in [6.07, 6.45) is 4.40. The van der Waals surface area contributed by atoms with Crippen molar-refractivity contribution in [1.82, 2.24) is 0 Å². The van der Waals surface area contributed by atoms with Gasteiger partial charge in [-0.15, -0.1) is 0 Å². The maximum atomic E-state index is 11.1. The van der Waals surface area contributed by atoms with Crippen LogP contribution >= 0.6 is 10.7 Å². The molecule has 88 valence electrons. The first kappa shape index (κ1) is 11.9. The molecule has 1 aliphatic carbocycles. The molecule has 1 aromatic rings. The lowest BCUT2D eigenvalue weighted by Gasteiger charge is -2.21. The average molecular weight is 259 g/mol. The van der Waals surface area contributed by atoms with Crippen LogP contribution in [-0.4, -0.2) is 8.42 Å². The molecule has 2 nitrogen and oxygen atoms in total. The van der Waals surface area contributed by atoms with Crippen LogP contribution < -0.4 is 0 Å². The Morgan fingerprint density at radius 3 is 2.44 bits per heavy atom. The molecule has 0 aromatic heterocycles. The quantitative estimate of drug-likeness (QED) is 0.765.